The van der Waals surface area contributed by atoms with Crippen molar-refractivity contribution in [3.05, 3.63) is 22.2 Å². The highest BCUT2D eigenvalue weighted by atomic mass is 35.5. The van der Waals surface area contributed by atoms with Crippen LogP contribution < -0.4 is 15.8 Å². The van der Waals surface area contributed by atoms with Gasteiger partial charge >= 0.3 is 5.97 Å². The number of likely N-dealkylation sites (tertiary alicyclic amines) is 2. The summed E-state index contributed by atoms with van der Waals surface area (Å²) < 4.78 is 5.70. The number of benzene rings is 1. The van der Waals surface area contributed by atoms with E-state index in [4.69, 9.17) is 27.2 Å². The molecule has 2 saturated heterocycles. The Hall–Kier alpha value is -2.03. The second-order valence-corrected chi connectivity index (χ2v) is 12.8. The molecule has 9 heteroatoms. The molecule has 2 fully saturated rings. The molecule has 230 valence electrons. The Labute approximate surface area is 251 Å². The van der Waals surface area contributed by atoms with E-state index < -0.39 is 5.97 Å². The SMILES string of the molecule is Nc1c(Cl)cc(C(=O)NCC2CCN(CC3CCN(CCCCCCCCCCC(=O)O)CC3)CC2)c2c1CCO2. The second kappa shape index (κ2) is 16.6. The summed E-state index contributed by atoms with van der Waals surface area (Å²) in [5.74, 6) is 1.12. The van der Waals surface area contributed by atoms with E-state index in [9.17, 15) is 9.59 Å². The molecule has 0 bridgehead atoms. The van der Waals surface area contributed by atoms with Gasteiger partial charge in [-0.15, -0.1) is 0 Å². The molecule has 1 amide bonds. The number of carboxylic acid groups (broad SMARTS) is 1. The Morgan fingerprint density at radius 3 is 2.22 bits per heavy atom. The Kier molecular flexibility index (Phi) is 12.9. The molecule has 0 saturated carbocycles. The number of fused-ring (bicyclic) bond motifs is 1. The molecule has 0 radical (unpaired) electrons. The smallest absolute Gasteiger partial charge is 0.303 e. The highest BCUT2D eigenvalue weighted by Gasteiger charge is 2.27. The molecule has 3 heterocycles. The lowest BCUT2D eigenvalue weighted by atomic mass is 9.92. The molecule has 3 aliphatic heterocycles. The number of nitrogens with zero attached hydrogens (tertiary/aromatic N) is 2. The van der Waals surface area contributed by atoms with Crippen LogP contribution in [0.1, 0.15) is 99.4 Å². The minimum Gasteiger partial charge on any atom is -0.492 e. The van der Waals surface area contributed by atoms with Crippen molar-refractivity contribution in [3.63, 3.8) is 0 Å². The van der Waals surface area contributed by atoms with Gasteiger partial charge in [0.25, 0.3) is 5.91 Å². The average Bonchev–Trinajstić information content (AvgIpc) is 3.46. The number of nitrogens with two attached hydrogens (primary N) is 1. The largest absolute Gasteiger partial charge is 0.492 e. The van der Waals surface area contributed by atoms with Crippen molar-refractivity contribution in [2.45, 2.75) is 89.9 Å². The van der Waals surface area contributed by atoms with Crippen molar-refractivity contribution in [1.29, 1.82) is 0 Å². The molecular formula is C32H51ClN4O4. The summed E-state index contributed by atoms with van der Waals surface area (Å²) in [5.41, 5.74) is 7.96. The number of carbonyl (C=O) groups excluding carboxylic acids is 1. The van der Waals surface area contributed by atoms with Crippen LogP contribution in [0.3, 0.4) is 0 Å². The van der Waals surface area contributed by atoms with Gasteiger partial charge in [-0.2, -0.15) is 0 Å². The molecule has 0 atom stereocenters. The molecule has 0 aliphatic carbocycles. The van der Waals surface area contributed by atoms with Crippen molar-refractivity contribution in [3.8, 4) is 5.75 Å². The van der Waals surface area contributed by atoms with Crippen LogP contribution in [0.15, 0.2) is 6.07 Å². The van der Waals surface area contributed by atoms with E-state index in [2.05, 4.69) is 15.1 Å². The van der Waals surface area contributed by atoms with Crippen LogP contribution in [-0.4, -0.2) is 79.2 Å². The molecule has 0 unspecified atom stereocenters. The van der Waals surface area contributed by atoms with E-state index >= 15 is 0 Å². The number of amides is 1. The van der Waals surface area contributed by atoms with Gasteiger partial charge in [-0.05, 0) is 89.2 Å². The van der Waals surface area contributed by atoms with E-state index in [1.165, 1.54) is 77.5 Å². The maximum absolute atomic E-state index is 12.9. The Balaban J connectivity index is 1.02. The third-order valence-corrected chi connectivity index (χ3v) is 9.62. The van der Waals surface area contributed by atoms with Gasteiger partial charge in [-0.1, -0.05) is 50.1 Å². The van der Waals surface area contributed by atoms with E-state index in [0.29, 0.717) is 53.9 Å². The molecule has 4 N–H and O–H groups in total. The molecule has 3 aliphatic rings. The van der Waals surface area contributed by atoms with E-state index in [1.54, 1.807) is 6.07 Å². The quantitative estimate of drug-likeness (QED) is 0.170. The minimum atomic E-state index is -0.672. The lowest BCUT2D eigenvalue weighted by Gasteiger charge is -2.37. The number of piperidine rings is 2. The summed E-state index contributed by atoms with van der Waals surface area (Å²) in [6.45, 7) is 8.39. The van der Waals surface area contributed by atoms with Crippen LogP contribution >= 0.6 is 11.6 Å². The molecule has 0 aromatic heterocycles. The van der Waals surface area contributed by atoms with Crippen molar-refractivity contribution in [1.82, 2.24) is 15.1 Å². The lowest BCUT2D eigenvalue weighted by Crippen LogP contribution is -2.43. The fraction of sp³-hybridized carbons (Fsp3) is 0.750. The zero-order chi connectivity index (χ0) is 29.0. The van der Waals surface area contributed by atoms with Crippen molar-refractivity contribution in [2.75, 3.05) is 58.2 Å². The van der Waals surface area contributed by atoms with Gasteiger partial charge < -0.3 is 30.7 Å². The van der Waals surface area contributed by atoms with E-state index in [1.807, 2.05) is 0 Å². The van der Waals surface area contributed by atoms with Gasteiger partial charge in [0.2, 0.25) is 0 Å². The average molecular weight is 591 g/mol. The fourth-order valence-electron chi connectivity index (χ4n) is 6.67. The number of hydrogen-bond acceptors (Lipinski definition) is 6. The van der Waals surface area contributed by atoms with Crippen LogP contribution in [0, 0.1) is 11.8 Å². The molecule has 41 heavy (non-hydrogen) atoms. The summed E-state index contributed by atoms with van der Waals surface area (Å²) in [7, 11) is 0. The first-order valence-electron chi connectivity index (χ1n) is 16.1. The van der Waals surface area contributed by atoms with Crippen molar-refractivity contribution in [2.24, 2.45) is 11.8 Å². The minimum absolute atomic E-state index is 0.121. The second-order valence-electron chi connectivity index (χ2n) is 12.4. The van der Waals surface area contributed by atoms with Gasteiger partial charge in [-0.3, -0.25) is 9.59 Å². The number of carbonyl (C=O) groups is 2. The Bertz CT molecular complexity index is 990. The Morgan fingerprint density at radius 1 is 0.927 bits per heavy atom. The first-order chi connectivity index (χ1) is 19.9. The molecule has 8 nitrogen and oxygen atoms in total. The number of anilines is 1. The molecule has 0 spiro atoms. The van der Waals surface area contributed by atoms with Gasteiger partial charge in [0.05, 0.1) is 22.9 Å². The number of halogens is 1. The molecule has 1 aromatic rings. The predicted molar refractivity (Wildman–Crippen MR) is 165 cm³/mol. The maximum atomic E-state index is 12.9. The molecular weight excluding hydrogens is 540 g/mol. The lowest BCUT2D eigenvalue weighted by molar-refractivity contribution is -0.137. The van der Waals surface area contributed by atoms with Gasteiger partial charge in [0.1, 0.15) is 5.75 Å². The Morgan fingerprint density at radius 2 is 1.54 bits per heavy atom. The number of ether oxygens (including phenoxy) is 1. The molecule has 1 aromatic carbocycles. The van der Waals surface area contributed by atoms with E-state index in [-0.39, 0.29) is 5.91 Å². The highest BCUT2D eigenvalue weighted by molar-refractivity contribution is 6.33. The summed E-state index contributed by atoms with van der Waals surface area (Å²) in [6, 6.07) is 1.64. The summed E-state index contributed by atoms with van der Waals surface area (Å²) in [5, 5.41) is 12.2. The topological polar surface area (TPSA) is 108 Å². The number of nitrogens with one attached hydrogen (secondary N) is 1. The zero-order valence-corrected chi connectivity index (χ0v) is 25.6. The van der Waals surface area contributed by atoms with Gasteiger partial charge in [-0.25, -0.2) is 0 Å². The van der Waals surface area contributed by atoms with Crippen molar-refractivity contribution >= 4 is 29.2 Å². The first-order valence-corrected chi connectivity index (χ1v) is 16.5. The number of carboxylic acids is 1. The van der Waals surface area contributed by atoms with Gasteiger partial charge in [0, 0.05) is 31.5 Å². The monoisotopic (exact) mass is 590 g/mol. The third kappa shape index (κ3) is 10.0. The van der Waals surface area contributed by atoms with Crippen LogP contribution in [0.4, 0.5) is 5.69 Å². The van der Waals surface area contributed by atoms with Crippen LogP contribution in [0.5, 0.6) is 5.75 Å². The summed E-state index contributed by atoms with van der Waals surface area (Å²) in [6.07, 6.45) is 15.4. The van der Waals surface area contributed by atoms with Crippen molar-refractivity contribution < 1.29 is 19.4 Å². The summed E-state index contributed by atoms with van der Waals surface area (Å²) in [4.78, 5) is 28.8. The maximum Gasteiger partial charge on any atom is 0.303 e. The number of unbranched alkanes of at least 4 members (excludes halogenated alkanes) is 7. The zero-order valence-electron chi connectivity index (χ0n) is 24.8. The predicted octanol–water partition coefficient (Wildman–Crippen LogP) is 5.61. The highest BCUT2D eigenvalue weighted by Crippen LogP contribution is 2.38. The normalized spacial score (nSPS) is 18.8. The van der Waals surface area contributed by atoms with Crippen LogP contribution in [0.2, 0.25) is 5.02 Å². The number of rotatable bonds is 16. The number of aliphatic carboxylic acids is 1. The van der Waals surface area contributed by atoms with Crippen LogP contribution in [-0.2, 0) is 11.2 Å². The summed E-state index contributed by atoms with van der Waals surface area (Å²) >= 11 is 6.28. The third-order valence-electron chi connectivity index (χ3n) is 9.31. The van der Waals surface area contributed by atoms with Crippen LogP contribution in [0.25, 0.3) is 0 Å². The number of hydrogen-bond donors (Lipinski definition) is 3. The van der Waals surface area contributed by atoms with E-state index in [0.717, 1.165) is 50.3 Å². The number of nitrogen functional groups attached to an aromatic ring is 1. The fourth-order valence-corrected chi connectivity index (χ4v) is 6.89. The first kappa shape index (κ1) is 31.9. The standard InChI is InChI=1S/C32H51ClN4O4/c33-28-21-27(31-26(30(28)34)14-20-41-31)32(40)35-22-24-10-18-37(19-11-24)23-25-12-16-36(17-13-25)15-8-6-4-2-1-3-5-7-9-29(38)39/h21,24-25H,1-20,22-23,34H2,(H,35,40)(H,38,39). The van der Waals surface area contributed by atoms with Gasteiger partial charge in [0.15, 0.2) is 0 Å². The molecule has 4 rings (SSSR count).